The van der Waals surface area contributed by atoms with E-state index in [1.54, 1.807) is 0 Å². The Morgan fingerprint density at radius 3 is 3.20 bits per heavy atom. The lowest BCUT2D eigenvalue weighted by Gasteiger charge is -2.29. The predicted molar refractivity (Wildman–Crippen MR) is 100 cm³/mol. The van der Waals surface area contributed by atoms with Gasteiger partial charge in [-0.2, -0.15) is 10.1 Å². The molecular weight excluding hydrogens is 314 g/mol. The summed E-state index contributed by atoms with van der Waals surface area (Å²) in [6.07, 6.45) is 5.83. The summed E-state index contributed by atoms with van der Waals surface area (Å²) in [5.41, 5.74) is 2.01. The van der Waals surface area contributed by atoms with Gasteiger partial charge in [0.25, 0.3) is 0 Å². The molecule has 130 valence electrons. The van der Waals surface area contributed by atoms with E-state index in [1.807, 2.05) is 30.6 Å². The molecule has 25 heavy (non-hydrogen) atoms. The van der Waals surface area contributed by atoms with Gasteiger partial charge in [0.15, 0.2) is 0 Å². The zero-order valence-corrected chi connectivity index (χ0v) is 14.4. The number of fused-ring (bicyclic) bond motifs is 1. The highest BCUT2D eigenvalue weighted by molar-refractivity contribution is 5.82. The van der Waals surface area contributed by atoms with Crippen molar-refractivity contribution in [1.29, 1.82) is 0 Å². The van der Waals surface area contributed by atoms with Gasteiger partial charge in [0.2, 0.25) is 5.95 Å². The van der Waals surface area contributed by atoms with Crippen molar-refractivity contribution in [3.05, 3.63) is 36.7 Å². The van der Waals surface area contributed by atoms with Crippen LogP contribution in [0, 0.1) is 0 Å². The monoisotopic (exact) mass is 337 g/mol. The summed E-state index contributed by atoms with van der Waals surface area (Å²) in [6, 6.07) is 8.43. The number of H-pyrrole nitrogens is 1. The molecule has 0 radical (unpaired) electrons. The molecule has 7 nitrogen and oxygen atoms in total. The fraction of sp³-hybridized carbons (Fsp3) is 0.389. The Morgan fingerprint density at radius 2 is 2.28 bits per heavy atom. The highest BCUT2D eigenvalue weighted by atomic mass is 15.3. The fourth-order valence-electron chi connectivity index (χ4n) is 3.29. The average molecular weight is 337 g/mol. The van der Waals surface area contributed by atoms with E-state index >= 15 is 0 Å². The molecule has 0 saturated carbocycles. The zero-order chi connectivity index (χ0) is 17.1. The van der Waals surface area contributed by atoms with Crippen LogP contribution in [0.15, 0.2) is 36.7 Å². The number of rotatable bonds is 4. The molecule has 3 heterocycles. The van der Waals surface area contributed by atoms with Crippen LogP contribution in [-0.4, -0.2) is 45.8 Å². The third-order valence-corrected chi connectivity index (χ3v) is 4.66. The summed E-state index contributed by atoms with van der Waals surface area (Å²) in [7, 11) is 0. The predicted octanol–water partition coefficient (Wildman–Crippen LogP) is 2.67. The molecule has 1 unspecified atom stereocenters. The van der Waals surface area contributed by atoms with Crippen LogP contribution in [-0.2, 0) is 0 Å². The maximum atomic E-state index is 4.75. The second-order valence-corrected chi connectivity index (χ2v) is 6.35. The van der Waals surface area contributed by atoms with Crippen LogP contribution < -0.4 is 15.5 Å². The molecule has 2 aromatic heterocycles. The maximum absolute atomic E-state index is 4.75. The lowest BCUT2D eigenvalue weighted by Crippen LogP contribution is -2.40. The summed E-state index contributed by atoms with van der Waals surface area (Å²) in [6.45, 7) is 5.23. The first-order valence-corrected chi connectivity index (χ1v) is 8.84. The summed E-state index contributed by atoms with van der Waals surface area (Å²) >= 11 is 0. The molecule has 7 heteroatoms. The third-order valence-electron chi connectivity index (χ3n) is 4.66. The summed E-state index contributed by atoms with van der Waals surface area (Å²) in [4.78, 5) is 11.6. The van der Waals surface area contributed by atoms with Gasteiger partial charge < -0.3 is 15.5 Å². The summed E-state index contributed by atoms with van der Waals surface area (Å²) in [5, 5.41) is 15.0. The van der Waals surface area contributed by atoms with Gasteiger partial charge >= 0.3 is 0 Å². The Kier molecular flexibility index (Phi) is 4.47. The molecule has 3 N–H and O–H groups in total. The molecule has 1 aliphatic heterocycles. The first-order valence-electron chi connectivity index (χ1n) is 8.84. The van der Waals surface area contributed by atoms with E-state index in [-0.39, 0.29) is 0 Å². The Morgan fingerprint density at radius 1 is 1.32 bits per heavy atom. The van der Waals surface area contributed by atoms with Crippen LogP contribution in [0.25, 0.3) is 10.9 Å². The molecule has 0 bridgehead atoms. The van der Waals surface area contributed by atoms with Gasteiger partial charge in [-0.3, -0.25) is 5.10 Å². The van der Waals surface area contributed by atoms with E-state index < -0.39 is 0 Å². The number of benzene rings is 1. The van der Waals surface area contributed by atoms with E-state index in [9.17, 15) is 0 Å². The van der Waals surface area contributed by atoms with Gasteiger partial charge in [0, 0.05) is 36.4 Å². The van der Waals surface area contributed by atoms with E-state index in [4.69, 9.17) is 4.98 Å². The van der Waals surface area contributed by atoms with Gasteiger partial charge in [-0.1, -0.05) is 6.92 Å². The van der Waals surface area contributed by atoms with E-state index in [1.165, 1.54) is 0 Å². The largest absolute Gasteiger partial charge is 0.340 e. The Bertz CT molecular complexity index is 844. The lowest BCUT2D eigenvalue weighted by atomic mass is 10.2. The molecule has 0 aliphatic carbocycles. The zero-order valence-electron chi connectivity index (χ0n) is 14.4. The van der Waals surface area contributed by atoms with Crippen LogP contribution >= 0.6 is 0 Å². The van der Waals surface area contributed by atoms with Crippen molar-refractivity contribution in [2.75, 3.05) is 29.9 Å². The van der Waals surface area contributed by atoms with Crippen molar-refractivity contribution in [1.82, 2.24) is 25.5 Å². The fourth-order valence-corrected chi connectivity index (χ4v) is 3.29. The molecule has 1 saturated heterocycles. The summed E-state index contributed by atoms with van der Waals surface area (Å²) < 4.78 is 0. The number of hydrogen-bond donors (Lipinski definition) is 3. The number of nitrogens with one attached hydrogen (secondary N) is 3. The van der Waals surface area contributed by atoms with Gasteiger partial charge in [0.05, 0.1) is 11.7 Å². The number of nitrogens with zero attached hydrogens (tertiary/aromatic N) is 4. The van der Waals surface area contributed by atoms with Crippen molar-refractivity contribution in [3.63, 3.8) is 0 Å². The summed E-state index contributed by atoms with van der Waals surface area (Å²) in [5.74, 6) is 1.60. The maximum Gasteiger partial charge on any atom is 0.227 e. The van der Waals surface area contributed by atoms with E-state index in [2.05, 4.69) is 43.7 Å². The normalized spacial score (nSPS) is 18.3. The standard InChI is InChI=1S/C18H23N7/c1-2-15-12-19-7-3-9-25(15)18-20-8-6-17(23-18)22-14-4-5-16-13(10-14)11-21-24-16/h4-6,8,10-11,15,19H,2-3,7,9,12H2,1H3,(H,21,24)(H,20,22,23). The van der Waals surface area contributed by atoms with Crippen molar-refractivity contribution < 1.29 is 0 Å². The van der Waals surface area contributed by atoms with Crippen molar-refractivity contribution in [3.8, 4) is 0 Å². The van der Waals surface area contributed by atoms with Crippen molar-refractivity contribution in [2.45, 2.75) is 25.8 Å². The smallest absolute Gasteiger partial charge is 0.227 e. The second-order valence-electron chi connectivity index (χ2n) is 6.35. The van der Waals surface area contributed by atoms with Crippen LogP contribution in [0.1, 0.15) is 19.8 Å². The van der Waals surface area contributed by atoms with Crippen LogP contribution in [0.4, 0.5) is 17.5 Å². The molecule has 0 amide bonds. The van der Waals surface area contributed by atoms with Crippen LogP contribution in [0.5, 0.6) is 0 Å². The number of anilines is 3. The van der Waals surface area contributed by atoms with Gasteiger partial charge in [0.1, 0.15) is 5.82 Å². The molecular formula is C18H23N7. The first kappa shape index (κ1) is 15.8. The van der Waals surface area contributed by atoms with E-state index in [0.717, 1.165) is 60.8 Å². The first-order chi connectivity index (χ1) is 12.3. The minimum Gasteiger partial charge on any atom is -0.340 e. The highest BCUT2D eigenvalue weighted by Gasteiger charge is 2.21. The highest BCUT2D eigenvalue weighted by Crippen LogP contribution is 2.22. The Hall–Kier alpha value is -2.67. The minimum atomic E-state index is 0.431. The molecule has 1 atom stereocenters. The minimum absolute atomic E-state index is 0.431. The molecule has 4 rings (SSSR count). The third kappa shape index (κ3) is 3.41. The van der Waals surface area contributed by atoms with Crippen molar-refractivity contribution in [2.24, 2.45) is 0 Å². The average Bonchev–Trinajstić information content (AvgIpc) is 2.97. The SMILES string of the molecule is CCC1CNCCCN1c1nccc(Nc2ccc3[nH]ncc3c2)n1. The lowest BCUT2D eigenvalue weighted by molar-refractivity contribution is 0.563. The number of aromatic amines is 1. The molecule has 1 aromatic carbocycles. The van der Waals surface area contributed by atoms with Crippen LogP contribution in [0.2, 0.25) is 0 Å². The Labute approximate surface area is 146 Å². The van der Waals surface area contributed by atoms with Crippen molar-refractivity contribution >= 4 is 28.4 Å². The number of hydrogen-bond acceptors (Lipinski definition) is 6. The van der Waals surface area contributed by atoms with Crippen LogP contribution in [0.3, 0.4) is 0 Å². The number of aromatic nitrogens is 4. The van der Waals surface area contributed by atoms with Gasteiger partial charge in [-0.05, 0) is 43.7 Å². The molecule has 1 fully saturated rings. The molecule has 0 spiro atoms. The van der Waals surface area contributed by atoms with E-state index in [0.29, 0.717) is 6.04 Å². The topological polar surface area (TPSA) is 81.8 Å². The Balaban J connectivity index is 1.57. The van der Waals surface area contributed by atoms with Gasteiger partial charge in [-0.25, -0.2) is 4.98 Å². The second kappa shape index (κ2) is 7.06. The quantitative estimate of drug-likeness (QED) is 0.679. The molecule has 3 aromatic rings. The van der Waals surface area contributed by atoms with Gasteiger partial charge in [-0.15, -0.1) is 0 Å². The molecule has 1 aliphatic rings.